The largest absolute Gasteiger partial charge is 0.387 e. The first-order chi connectivity index (χ1) is 15.7. The van der Waals surface area contributed by atoms with E-state index in [1.54, 1.807) is 10.9 Å². The Morgan fingerprint density at radius 1 is 1.12 bits per heavy atom. The third-order valence-electron chi connectivity index (χ3n) is 5.90. The lowest BCUT2D eigenvalue weighted by atomic mass is 10.1. The summed E-state index contributed by atoms with van der Waals surface area (Å²) >= 11 is 0. The predicted octanol–water partition coefficient (Wildman–Crippen LogP) is 0.906. The van der Waals surface area contributed by atoms with E-state index in [9.17, 15) is 10.2 Å². The maximum Gasteiger partial charge on any atom is 0.167 e. The van der Waals surface area contributed by atoms with Crippen molar-refractivity contribution in [2.75, 3.05) is 31.7 Å². The topological polar surface area (TPSA) is 124 Å². The van der Waals surface area contributed by atoms with E-state index in [1.165, 1.54) is 11.9 Å². The van der Waals surface area contributed by atoms with E-state index < -0.39 is 24.5 Å². The van der Waals surface area contributed by atoms with Gasteiger partial charge in [0.1, 0.15) is 24.6 Å². The van der Waals surface area contributed by atoms with Gasteiger partial charge in [0.25, 0.3) is 0 Å². The molecule has 5 atom stereocenters. The van der Waals surface area contributed by atoms with Crippen LogP contribution in [0.15, 0.2) is 43.0 Å². The molecule has 1 aromatic carbocycles. The fourth-order valence-corrected chi connectivity index (χ4v) is 4.12. The van der Waals surface area contributed by atoms with Crippen LogP contribution in [0, 0.1) is 0 Å². The number of fused-ring (bicyclic) bond motifs is 1. The summed E-state index contributed by atoms with van der Waals surface area (Å²) in [5.74, 6) is 0.609. The maximum atomic E-state index is 10.6. The van der Waals surface area contributed by atoms with Gasteiger partial charge in [-0.3, -0.25) is 4.57 Å². The molecule has 0 spiro atoms. The van der Waals surface area contributed by atoms with Crippen LogP contribution >= 0.6 is 0 Å². The van der Waals surface area contributed by atoms with Crippen molar-refractivity contribution in [3.05, 3.63) is 48.5 Å². The van der Waals surface area contributed by atoms with E-state index in [0.29, 0.717) is 30.2 Å². The highest BCUT2D eigenvalue weighted by atomic mass is 16.6. The zero-order chi connectivity index (χ0) is 21.9. The lowest BCUT2D eigenvalue weighted by Gasteiger charge is -2.17. The Hall–Kier alpha value is -2.63. The Morgan fingerprint density at radius 3 is 2.81 bits per heavy atom. The van der Waals surface area contributed by atoms with Gasteiger partial charge < -0.3 is 29.7 Å². The number of benzene rings is 1. The minimum atomic E-state index is -1.13. The quantitative estimate of drug-likeness (QED) is 0.438. The summed E-state index contributed by atoms with van der Waals surface area (Å²) in [5.41, 5.74) is 2.27. The number of anilines is 1. The van der Waals surface area contributed by atoms with Crippen LogP contribution in [0.1, 0.15) is 18.2 Å². The summed E-state index contributed by atoms with van der Waals surface area (Å²) < 4.78 is 18.7. The van der Waals surface area contributed by atoms with E-state index in [-0.39, 0.29) is 12.6 Å². The van der Waals surface area contributed by atoms with Gasteiger partial charge >= 0.3 is 0 Å². The van der Waals surface area contributed by atoms with E-state index in [1.807, 2.05) is 30.3 Å². The fraction of sp³-hybridized carbons (Fsp3) is 0.500. The zero-order valence-electron chi connectivity index (χ0n) is 17.6. The number of hydrogen-bond acceptors (Lipinski definition) is 9. The summed E-state index contributed by atoms with van der Waals surface area (Å²) in [6, 6.07) is 10.2. The molecule has 170 valence electrons. The molecule has 2 saturated heterocycles. The molecular weight excluding hydrogens is 414 g/mol. The molecule has 32 heavy (non-hydrogen) atoms. The molecule has 2 aliphatic heterocycles. The summed E-state index contributed by atoms with van der Waals surface area (Å²) in [4.78, 5) is 13.1. The number of rotatable bonds is 8. The Morgan fingerprint density at radius 2 is 2.00 bits per heavy atom. The Labute approximate surface area is 185 Å². The molecule has 1 unspecified atom stereocenters. The first-order valence-electron chi connectivity index (χ1n) is 10.9. The number of aromatic nitrogens is 4. The molecule has 0 bridgehead atoms. The second-order valence-corrected chi connectivity index (χ2v) is 8.11. The number of aliphatic hydroxyl groups excluding tert-OH is 2. The van der Waals surface area contributed by atoms with Crippen molar-refractivity contribution in [1.29, 1.82) is 0 Å². The van der Waals surface area contributed by atoms with Crippen molar-refractivity contribution in [3.8, 4) is 0 Å². The summed E-state index contributed by atoms with van der Waals surface area (Å²) in [5, 5.41) is 24.5. The molecule has 0 saturated carbocycles. The van der Waals surface area contributed by atoms with Gasteiger partial charge in [0.2, 0.25) is 0 Å². The van der Waals surface area contributed by atoms with E-state index in [2.05, 4.69) is 20.3 Å². The minimum Gasteiger partial charge on any atom is -0.387 e. The smallest absolute Gasteiger partial charge is 0.167 e. The first kappa shape index (κ1) is 21.2. The molecule has 3 N–H and O–H groups in total. The lowest BCUT2D eigenvalue weighted by Crippen LogP contribution is -2.34. The second kappa shape index (κ2) is 9.47. The van der Waals surface area contributed by atoms with Crippen molar-refractivity contribution >= 4 is 17.0 Å². The van der Waals surface area contributed by atoms with Crippen LogP contribution in [-0.2, 0) is 20.6 Å². The van der Waals surface area contributed by atoms with Crippen LogP contribution in [0.25, 0.3) is 11.2 Å². The molecular formula is C22H27N5O5. The van der Waals surface area contributed by atoms with E-state index >= 15 is 0 Å². The number of nitrogens with zero attached hydrogens (tertiary/aromatic N) is 4. The van der Waals surface area contributed by atoms with Gasteiger partial charge in [0.05, 0.1) is 32.2 Å². The predicted molar refractivity (Wildman–Crippen MR) is 115 cm³/mol. The van der Waals surface area contributed by atoms with E-state index in [4.69, 9.17) is 14.2 Å². The molecule has 4 heterocycles. The highest BCUT2D eigenvalue weighted by Gasteiger charge is 2.44. The highest BCUT2D eigenvalue weighted by Crippen LogP contribution is 2.32. The number of aliphatic hydroxyl groups is 2. The van der Waals surface area contributed by atoms with Crippen LogP contribution in [0.5, 0.6) is 0 Å². The maximum absolute atomic E-state index is 10.6. The molecule has 2 aromatic heterocycles. The number of imidazole rings is 1. The number of nitrogens with one attached hydrogen (secondary N) is 1. The average Bonchev–Trinajstić information content (AvgIpc) is 3.54. The Bertz CT molecular complexity index is 1030. The number of ether oxygens (including phenoxy) is 3. The molecule has 0 amide bonds. The van der Waals surface area contributed by atoms with Gasteiger partial charge in [-0.1, -0.05) is 30.3 Å². The molecule has 2 fully saturated rings. The van der Waals surface area contributed by atoms with Gasteiger partial charge in [0, 0.05) is 6.61 Å². The normalized spacial score (nSPS) is 27.9. The molecule has 0 radical (unpaired) electrons. The van der Waals surface area contributed by atoms with Gasteiger partial charge in [-0.2, -0.15) is 0 Å². The molecule has 5 rings (SSSR count). The van der Waals surface area contributed by atoms with Crippen LogP contribution < -0.4 is 5.32 Å². The Kier molecular flexibility index (Phi) is 6.28. The van der Waals surface area contributed by atoms with Crippen molar-refractivity contribution in [2.24, 2.45) is 0 Å². The fourth-order valence-electron chi connectivity index (χ4n) is 4.12. The van der Waals surface area contributed by atoms with Gasteiger partial charge in [-0.15, -0.1) is 0 Å². The third-order valence-corrected chi connectivity index (χ3v) is 5.90. The molecule has 2 aliphatic rings. The first-order valence-corrected chi connectivity index (χ1v) is 10.9. The summed E-state index contributed by atoms with van der Waals surface area (Å²) in [6.07, 6.45) is 0.966. The van der Waals surface area contributed by atoms with Gasteiger partial charge in [0.15, 0.2) is 23.2 Å². The van der Waals surface area contributed by atoms with Crippen LogP contribution in [0.4, 0.5) is 5.82 Å². The standard InChI is InChI=1S/C22H27N5O5/c28-18-16(11-31-8-6-14-4-2-1-3-5-14)32-22(19(18)29)27-13-25-17-20(23-12-24-21(17)27)26-15-7-9-30-10-15/h1-5,12-13,15-16,18-19,22,28-29H,6-11H2,(H,23,24,26)/t15?,16-,18-,19-,22-/m1/s1. The molecule has 10 nitrogen and oxygen atoms in total. The minimum absolute atomic E-state index is 0.172. The highest BCUT2D eigenvalue weighted by molar-refractivity contribution is 5.82. The molecule has 3 aromatic rings. The Balaban J connectivity index is 1.24. The summed E-state index contributed by atoms with van der Waals surface area (Å²) in [6.45, 7) is 2.01. The van der Waals surface area contributed by atoms with Crippen molar-refractivity contribution in [2.45, 2.75) is 43.4 Å². The van der Waals surface area contributed by atoms with Crippen molar-refractivity contribution in [1.82, 2.24) is 19.5 Å². The van der Waals surface area contributed by atoms with Crippen LogP contribution in [-0.4, -0.2) is 80.5 Å². The van der Waals surface area contributed by atoms with Crippen LogP contribution in [0.2, 0.25) is 0 Å². The average molecular weight is 441 g/mol. The van der Waals surface area contributed by atoms with Crippen LogP contribution in [0.3, 0.4) is 0 Å². The van der Waals surface area contributed by atoms with E-state index in [0.717, 1.165) is 19.4 Å². The summed E-state index contributed by atoms with van der Waals surface area (Å²) in [7, 11) is 0. The monoisotopic (exact) mass is 441 g/mol. The third kappa shape index (κ3) is 4.32. The van der Waals surface area contributed by atoms with Crippen molar-refractivity contribution in [3.63, 3.8) is 0 Å². The van der Waals surface area contributed by atoms with Gasteiger partial charge in [-0.05, 0) is 18.4 Å². The lowest BCUT2D eigenvalue weighted by molar-refractivity contribution is -0.0650. The SMILES string of the molecule is O[C@@H]1[C@H](O)[C@@H](COCCc2ccccc2)O[C@H]1n1cnc2c(NC3CCOC3)ncnc21. The second-order valence-electron chi connectivity index (χ2n) is 8.11. The van der Waals surface area contributed by atoms with Gasteiger partial charge in [-0.25, -0.2) is 15.0 Å². The van der Waals surface area contributed by atoms with Crippen molar-refractivity contribution < 1.29 is 24.4 Å². The molecule has 0 aliphatic carbocycles. The molecule has 10 heteroatoms. The number of hydrogen-bond donors (Lipinski definition) is 3. The zero-order valence-corrected chi connectivity index (χ0v) is 17.6.